The Morgan fingerprint density at radius 3 is 2.12 bits per heavy atom. The number of pyridine rings is 1. The van der Waals surface area contributed by atoms with Crippen molar-refractivity contribution < 1.29 is 25.8 Å². The predicted molar refractivity (Wildman–Crippen MR) is 193 cm³/mol. The number of rotatable bonds is 7. The first-order valence-corrected chi connectivity index (χ1v) is 15.8. The molecule has 0 aliphatic rings. The Hall–Kier alpha value is -4.87. The Labute approximate surface area is 296 Å². The molecule has 0 saturated carbocycles. The van der Waals surface area contributed by atoms with Gasteiger partial charge in [0.2, 0.25) is 0 Å². The molecular weight excluding hydrogens is 776 g/mol. The number of para-hydroxylation sites is 1. The largest absolute Gasteiger partial charge is 2.00 e. The van der Waals surface area contributed by atoms with E-state index in [1.165, 1.54) is 22.3 Å². The van der Waals surface area contributed by atoms with Crippen LogP contribution in [-0.4, -0.2) is 47.5 Å². The Balaban J connectivity index is 0.00000401. The van der Waals surface area contributed by atoms with E-state index in [1.807, 2.05) is 55.3 Å². The van der Waals surface area contributed by atoms with Gasteiger partial charge in [-0.05, 0) is 79.2 Å². The number of benzene rings is 4. The van der Waals surface area contributed by atoms with Gasteiger partial charge in [-0.25, -0.2) is 9.67 Å². The van der Waals surface area contributed by atoms with Crippen LogP contribution in [0.3, 0.4) is 0 Å². The van der Waals surface area contributed by atoms with Gasteiger partial charge in [-0.15, -0.1) is 40.8 Å². The number of hydrogen-bond donors (Lipinski definition) is 0. The molecule has 4 aromatic carbocycles. The average Bonchev–Trinajstić information content (AvgIpc) is 3.58. The van der Waals surface area contributed by atoms with Gasteiger partial charge in [0.15, 0.2) is 5.82 Å². The molecule has 0 saturated heterocycles. The van der Waals surface area contributed by atoms with Crippen LogP contribution in [-0.2, 0) is 21.1 Å². The molecule has 3 aromatic heterocycles. The van der Waals surface area contributed by atoms with Gasteiger partial charge >= 0.3 is 21.1 Å². The standard InChI is InChI=1S/C40H38N6O.Pt/c1-25-18-19-41-36(22-25)45-34-15-10-9-14-32(34)33-17-16-31(24-35(33)45)47-30-13-11-12-29(23-30)46-40(44(7)8)38(39(42-46)43(5)6)37-27(3)20-26(2)21-28(37)4;/h9-22H,1-8H3;/q-2;+2. The number of aryl methyl sites for hydroxylation is 4. The Bertz CT molecular complexity index is 2270. The Morgan fingerprint density at radius 1 is 0.688 bits per heavy atom. The van der Waals surface area contributed by atoms with Crippen molar-refractivity contribution >= 4 is 33.4 Å². The number of ether oxygens (including phenoxy) is 1. The van der Waals surface area contributed by atoms with Gasteiger partial charge in [-0.1, -0.05) is 41.4 Å². The molecule has 0 bridgehead atoms. The van der Waals surface area contributed by atoms with E-state index in [9.17, 15) is 0 Å². The van der Waals surface area contributed by atoms with Crippen LogP contribution in [0, 0.1) is 39.8 Å². The van der Waals surface area contributed by atoms with Crippen LogP contribution in [0.25, 0.3) is 44.4 Å². The summed E-state index contributed by atoms with van der Waals surface area (Å²) in [6.45, 7) is 8.57. The van der Waals surface area contributed by atoms with E-state index < -0.39 is 0 Å². The number of fused-ring (bicyclic) bond motifs is 3. The first-order valence-electron chi connectivity index (χ1n) is 15.8. The van der Waals surface area contributed by atoms with Crippen molar-refractivity contribution in [2.45, 2.75) is 27.7 Å². The monoisotopic (exact) mass is 813 g/mol. The zero-order chi connectivity index (χ0) is 33.0. The molecule has 0 amide bonds. The fourth-order valence-corrected chi connectivity index (χ4v) is 6.64. The van der Waals surface area contributed by atoms with Crippen molar-refractivity contribution in [3.05, 3.63) is 119 Å². The fraction of sp³-hybridized carbons (Fsp3) is 0.200. The molecule has 0 spiro atoms. The molecule has 244 valence electrons. The normalized spacial score (nSPS) is 11.2. The van der Waals surface area contributed by atoms with E-state index in [-0.39, 0.29) is 21.1 Å². The first kappa shape index (κ1) is 33.0. The molecule has 0 N–H and O–H groups in total. The summed E-state index contributed by atoms with van der Waals surface area (Å²) >= 11 is 0. The molecule has 0 aliphatic carbocycles. The van der Waals surface area contributed by atoms with Crippen LogP contribution in [0.4, 0.5) is 11.6 Å². The molecule has 7 rings (SSSR count). The van der Waals surface area contributed by atoms with E-state index >= 15 is 0 Å². The molecule has 0 radical (unpaired) electrons. The second-order valence-electron chi connectivity index (χ2n) is 12.6. The smallest absolute Gasteiger partial charge is 0.509 e. The summed E-state index contributed by atoms with van der Waals surface area (Å²) < 4.78 is 10.6. The number of nitrogens with zero attached hydrogens (tertiary/aromatic N) is 6. The fourth-order valence-electron chi connectivity index (χ4n) is 6.64. The predicted octanol–water partition coefficient (Wildman–Crippen LogP) is 8.79. The minimum absolute atomic E-state index is 0. The van der Waals surface area contributed by atoms with E-state index in [0.717, 1.165) is 56.1 Å². The molecule has 48 heavy (non-hydrogen) atoms. The van der Waals surface area contributed by atoms with Crippen molar-refractivity contribution in [1.82, 2.24) is 19.3 Å². The van der Waals surface area contributed by atoms with Crippen molar-refractivity contribution in [2.75, 3.05) is 38.0 Å². The maximum Gasteiger partial charge on any atom is 2.00 e. The van der Waals surface area contributed by atoms with Crippen molar-refractivity contribution in [3.63, 3.8) is 0 Å². The quantitative estimate of drug-likeness (QED) is 0.151. The van der Waals surface area contributed by atoms with Gasteiger partial charge in [-0.2, -0.15) is 12.1 Å². The molecule has 3 heterocycles. The second-order valence-corrected chi connectivity index (χ2v) is 12.6. The summed E-state index contributed by atoms with van der Waals surface area (Å²) in [4.78, 5) is 8.89. The van der Waals surface area contributed by atoms with Gasteiger partial charge in [0.05, 0.1) is 5.56 Å². The summed E-state index contributed by atoms with van der Waals surface area (Å²) in [5, 5.41) is 7.38. The van der Waals surface area contributed by atoms with Gasteiger partial charge in [0.25, 0.3) is 0 Å². The molecule has 0 unspecified atom stereocenters. The van der Waals surface area contributed by atoms with Crippen LogP contribution < -0.4 is 14.5 Å². The summed E-state index contributed by atoms with van der Waals surface area (Å²) in [5.41, 5.74) is 9.88. The van der Waals surface area contributed by atoms with E-state index in [2.05, 4.69) is 117 Å². The minimum Gasteiger partial charge on any atom is -0.509 e. The molecule has 0 aliphatic heterocycles. The zero-order valence-corrected chi connectivity index (χ0v) is 30.8. The van der Waals surface area contributed by atoms with Crippen LogP contribution in [0.1, 0.15) is 22.3 Å². The maximum atomic E-state index is 6.47. The Morgan fingerprint density at radius 2 is 1.42 bits per heavy atom. The van der Waals surface area contributed by atoms with Gasteiger partial charge in [0, 0.05) is 51.4 Å². The van der Waals surface area contributed by atoms with Gasteiger partial charge < -0.3 is 19.1 Å². The molecule has 7 aromatic rings. The van der Waals surface area contributed by atoms with Crippen LogP contribution in [0.5, 0.6) is 11.5 Å². The number of aromatic nitrogens is 4. The first-order chi connectivity index (χ1) is 22.6. The maximum absolute atomic E-state index is 6.47. The molecule has 7 nitrogen and oxygen atoms in total. The van der Waals surface area contributed by atoms with Crippen molar-refractivity contribution in [3.8, 4) is 34.1 Å². The summed E-state index contributed by atoms with van der Waals surface area (Å²) in [5.74, 6) is 3.88. The third kappa shape index (κ3) is 5.77. The molecule has 8 heteroatoms. The number of anilines is 2. The van der Waals surface area contributed by atoms with Gasteiger partial charge in [-0.3, -0.25) is 0 Å². The average molecular weight is 814 g/mol. The van der Waals surface area contributed by atoms with Crippen molar-refractivity contribution in [1.29, 1.82) is 0 Å². The zero-order valence-electron chi connectivity index (χ0n) is 28.5. The van der Waals surface area contributed by atoms with E-state index in [4.69, 9.17) is 14.8 Å². The summed E-state index contributed by atoms with van der Waals surface area (Å²) in [6, 6.07) is 34.0. The summed E-state index contributed by atoms with van der Waals surface area (Å²) in [7, 11) is 8.19. The minimum atomic E-state index is 0. The van der Waals surface area contributed by atoms with Crippen LogP contribution in [0.15, 0.2) is 85.1 Å². The van der Waals surface area contributed by atoms with Crippen LogP contribution >= 0.6 is 0 Å². The molecular formula is C40H38N6OPt. The summed E-state index contributed by atoms with van der Waals surface area (Å²) in [6.07, 6.45) is 1.85. The third-order valence-corrected chi connectivity index (χ3v) is 8.50. The molecule has 0 fully saturated rings. The third-order valence-electron chi connectivity index (χ3n) is 8.50. The SMILES string of the molecule is Cc1ccnc(-n2c3[c-]c(Oc4[c-]c(-n5nc(N(C)C)c(-c6c(C)cc(C)cc6C)c5N(C)C)ccc4)ccc3c3ccccc32)c1.[Pt+2]. The van der Waals surface area contributed by atoms with E-state index in [0.29, 0.717) is 11.5 Å². The second kappa shape index (κ2) is 13.0. The van der Waals surface area contributed by atoms with Crippen LogP contribution in [0.2, 0.25) is 0 Å². The van der Waals surface area contributed by atoms with E-state index in [1.54, 1.807) is 0 Å². The van der Waals surface area contributed by atoms with Gasteiger partial charge in [0.1, 0.15) is 11.6 Å². The number of hydrogen-bond acceptors (Lipinski definition) is 5. The molecule has 0 atom stereocenters. The Kier molecular flexibility index (Phi) is 8.93. The topological polar surface area (TPSA) is 51.4 Å². The van der Waals surface area contributed by atoms with Crippen molar-refractivity contribution in [2.24, 2.45) is 0 Å².